The largest absolute Gasteiger partial charge is 0.480 e. The van der Waals surface area contributed by atoms with Crippen LogP contribution in [0.4, 0.5) is 0 Å². The molecular weight excluding hydrogens is 366 g/mol. The number of hydrogen-bond donors (Lipinski definition) is 1. The first-order chi connectivity index (χ1) is 13.0. The van der Waals surface area contributed by atoms with E-state index in [-0.39, 0.29) is 18.5 Å². The van der Waals surface area contributed by atoms with E-state index in [2.05, 4.69) is 28.6 Å². The van der Waals surface area contributed by atoms with Crippen molar-refractivity contribution in [1.29, 1.82) is 0 Å². The second-order valence-corrected chi connectivity index (χ2v) is 7.14. The minimum Gasteiger partial charge on any atom is -0.480 e. The van der Waals surface area contributed by atoms with Crippen molar-refractivity contribution in [2.45, 2.75) is 26.8 Å². The van der Waals surface area contributed by atoms with Gasteiger partial charge < -0.3 is 19.2 Å². The van der Waals surface area contributed by atoms with E-state index in [1.807, 2.05) is 24.4 Å². The van der Waals surface area contributed by atoms with Crippen molar-refractivity contribution in [3.8, 4) is 16.5 Å². The number of benzene rings is 1. The Morgan fingerprint density at radius 1 is 1.44 bits per heavy atom. The van der Waals surface area contributed by atoms with Crippen molar-refractivity contribution >= 4 is 34.4 Å². The average molecular weight is 387 g/mol. The van der Waals surface area contributed by atoms with Gasteiger partial charge in [0.1, 0.15) is 5.01 Å². The SMILES string of the molecule is CCOC(=O)c1sc(-c2ccc3c(c2)c(/C=N\O)cn3C(C)C)nc1OC. The zero-order valence-electron chi connectivity index (χ0n) is 15.6. The lowest BCUT2D eigenvalue weighted by molar-refractivity contribution is 0.0528. The van der Waals surface area contributed by atoms with E-state index in [9.17, 15) is 4.79 Å². The number of fused-ring (bicyclic) bond motifs is 1. The first-order valence-electron chi connectivity index (χ1n) is 8.54. The molecule has 0 saturated heterocycles. The number of ether oxygens (including phenoxy) is 2. The van der Waals surface area contributed by atoms with Gasteiger partial charge in [-0.3, -0.25) is 0 Å². The summed E-state index contributed by atoms with van der Waals surface area (Å²) < 4.78 is 12.4. The van der Waals surface area contributed by atoms with Gasteiger partial charge in [-0.05, 0) is 39.0 Å². The van der Waals surface area contributed by atoms with Crippen LogP contribution >= 0.6 is 11.3 Å². The molecule has 0 spiro atoms. The highest BCUT2D eigenvalue weighted by molar-refractivity contribution is 7.17. The van der Waals surface area contributed by atoms with E-state index in [0.717, 1.165) is 22.0 Å². The number of aromatic nitrogens is 2. The molecule has 8 heteroatoms. The van der Waals surface area contributed by atoms with E-state index < -0.39 is 5.97 Å². The zero-order chi connectivity index (χ0) is 19.6. The number of nitrogens with zero attached hydrogens (tertiary/aromatic N) is 3. The summed E-state index contributed by atoms with van der Waals surface area (Å²) in [5, 5.41) is 13.7. The van der Waals surface area contributed by atoms with Crippen LogP contribution in [0.2, 0.25) is 0 Å². The normalized spacial score (nSPS) is 11.6. The summed E-state index contributed by atoms with van der Waals surface area (Å²) in [7, 11) is 1.48. The molecule has 7 nitrogen and oxygen atoms in total. The zero-order valence-corrected chi connectivity index (χ0v) is 16.4. The highest BCUT2D eigenvalue weighted by Crippen LogP contribution is 2.35. The molecule has 1 aromatic carbocycles. The molecule has 0 bridgehead atoms. The third kappa shape index (κ3) is 3.52. The summed E-state index contributed by atoms with van der Waals surface area (Å²) in [5.41, 5.74) is 2.67. The predicted molar refractivity (Wildman–Crippen MR) is 105 cm³/mol. The molecule has 0 saturated carbocycles. The third-order valence-corrected chi connectivity index (χ3v) is 5.18. The maximum absolute atomic E-state index is 12.1. The Hall–Kier alpha value is -2.87. The van der Waals surface area contributed by atoms with Crippen LogP contribution in [0.25, 0.3) is 21.5 Å². The minimum atomic E-state index is -0.446. The lowest BCUT2D eigenvalue weighted by atomic mass is 10.1. The molecule has 2 aromatic heterocycles. The summed E-state index contributed by atoms with van der Waals surface area (Å²) >= 11 is 1.23. The Balaban J connectivity index is 2.12. The minimum absolute atomic E-state index is 0.255. The van der Waals surface area contributed by atoms with E-state index in [0.29, 0.717) is 9.88 Å². The lowest BCUT2D eigenvalue weighted by Gasteiger charge is -2.09. The molecule has 0 unspecified atom stereocenters. The van der Waals surface area contributed by atoms with E-state index in [4.69, 9.17) is 14.7 Å². The molecule has 0 radical (unpaired) electrons. The van der Waals surface area contributed by atoms with Gasteiger partial charge in [-0.1, -0.05) is 5.16 Å². The van der Waals surface area contributed by atoms with Crippen LogP contribution in [-0.2, 0) is 4.74 Å². The van der Waals surface area contributed by atoms with E-state index >= 15 is 0 Å². The maximum Gasteiger partial charge on any atom is 0.354 e. The van der Waals surface area contributed by atoms with Crippen molar-refractivity contribution in [2.75, 3.05) is 13.7 Å². The molecule has 0 aliphatic carbocycles. The summed E-state index contributed by atoms with van der Waals surface area (Å²) in [4.78, 5) is 16.9. The Morgan fingerprint density at radius 3 is 2.85 bits per heavy atom. The standard InChI is InChI=1S/C19H21N3O4S/c1-5-26-19(23)16-17(25-4)21-18(27-16)12-6-7-15-14(8-12)13(9-20-24)10-22(15)11(2)3/h6-11,24H,5H2,1-4H3/b20-9-. The van der Waals surface area contributed by atoms with Crippen LogP contribution in [0.3, 0.4) is 0 Å². The van der Waals surface area contributed by atoms with Crippen molar-refractivity contribution in [2.24, 2.45) is 5.16 Å². The molecule has 27 heavy (non-hydrogen) atoms. The number of methoxy groups -OCH3 is 1. The first kappa shape index (κ1) is 18.9. The van der Waals surface area contributed by atoms with Gasteiger partial charge in [0.2, 0.25) is 5.88 Å². The number of rotatable bonds is 6. The fraction of sp³-hybridized carbons (Fsp3) is 0.316. The second kappa shape index (κ2) is 7.79. The Morgan fingerprint density at radius 2 is 2.22 bits per heavy atom. The Labute approximate surface area is 160 Å². The van der Waals surface area contributed by atoms with Gasteiger partial charge in [0, 0.05) is 34.3 Å². The number of thiazole rings is 1. The number of hydrogen-bond acceptors (Lipinski definition) is 7. The number of carbonyl (C=O) groups excluding carboxylic acids is 1. The van der Waals surface area contributed by atoms with Gasteiger partial charge in [-0.15, -0.1) is 11.3 Å². The first-order valence-corrected chi connectivity index (χ1v) is 9.36. The van der Waals surface area contributed by atoms with Gasteiger partial charge in [0.05, 0.1) is 19.9 Å². The molecule has 0 aliphatic rings. The predicted octanol–water partition coefficient (Wildman–Crippen LogP) is 4.34. The summed E-state index contributed by atoms with van der Waals surface area (Å²) in [5.74, 6) is -0.191. The molecule has 0 amide bonds. The van der Waals surface area contributed by atoms with E-state index in [1.54, 1.807) is 6.92 Å². The molecule has 3 aromatic rings. The molecule has 0 fully saturated rings. The Kier molecular flexibility index (Phi) is 5.46. The van der Waals surface area contributed by atoms with Crippen LogP contribution in [0.15, 0.2) is 29.6 Å². The lowest BCUT2D eigenvalue weighted by Crippen LogP contribution is -2.04. The molecular formula is C19H21N3O4S. The van der Waals surface area contributed by atoms with Crippen molar-refractivity contribution < 1.29 is 19.5 Å². The highest BCUT2D eigenvalue weighted by atomic mass is 32.1. The molecule has 2 heterocycles. The van der Waals surface area contributed by atoms with Gasteiger partial charge in [-0.2, -0.15) is 0 Å². The highest BCUT2D eigenvalue weighted by Gasteiger charge is 2.21. The van der Waals surface area contributed by atoms with Crippen LogP contribution in [-0.4, -0.2) is 40.7 Å². The van der Waals surface area contributed by atoms with Crippen LogP contribution in [0.1, 0.15) is 42.0 Å². The summed E-state index contributed by atoms with van der Waals surface area (Å²) in [6.07, 6.45) is 3.36. The average Bonchev–Trinajstić information content (AvgIpc) is 3.24. The summed E-state index contributed by atoms with van der Waals surface area (Å²) in [6.45, 7) is 6.21. The van der Waals surface area contributed by atoms with Crippen molar-refractivity contribution in [1.82, 2.24) is 9.55 Å². The molecule has 0 aliphatic heterocycles. The molecule has 3 rings (SSSR count). The quantitative estimate of drug-likeness (QED) is 0.294. The topological polar surface area (TPSA) is 85.9 Å². The van der Waals surface area contributed by atoms with Gasteiger partial charge in [0.15, 0.2) is 4.88 Å². The van der Waals surface area contributed by atoms with Crippen LogP contribution in [0.5, 0.6) is 5.88 Å². The van der Waals surface area contributed by atoms with Gasteiger partial charge in [0.25, 0.3) is 0 Å². The maximum atomic E-state index is 12.1. The van der Waals surface area contributed by atoms with E-state index in [1.165, 1.54) is 24.7 Å². The fourth-order valence-electron chi connectivity index (χ4n) is 2.90. The monoisotopic (exact) mass is 387 g/mol. The number of esters is 1. The molecule has 0 atom stereocenters. The second-order valence-electron chi connectivity index (χ2n) is 6.14. The fourth-order valence-corrected chi connectivity index (χ4v) is 3.83. The van der Waals surface area contributed by atoms with Gasteiger partial charge >= 0.3 is 5.97 Å². The molecule has 142 valence electrons. The van der Waals surface area contributed by atoms with Crippen molar-refractivity contribution in [3.05, 3.63) is 34.8 Å². The van der Waals surface area contributed by atoms with Crippen LogP contribution in [0, 0.1) is 0 Å². The van der Waals surface area contributed by atoms with Crippen LogP contribution < -0.4 is 4.74 Å². The van der Waals surface area contributed by atoms with Gasteiger partial charge in [-0.25, -0.2) is 9.78 Å². The summed E-state index contributed by atoms with van der Waals surface area (Å²) in [6, 6.07) is 6.18. The molecule has 1 N–H and O–H groups in total. The third-order valence-electron chi connectivity index (χ3n) is 4.11. The number of oxime groups is 1. The Bertz CT molecular complexity index is 1000. The number of carbonyl (C=O) groups is 1. The smallest absolute Gasteiger partial charge is 0.354 e. The van der Waals surface area contributed by atoms with Crippen molar-refractivity contribution in [3.63, 3.8) is 0 Å².